The van der Waals surface area contributed by atoms with E-state index < -0.39 is 0 Å². The first-order valence-electron chi connectivity index (χ1n) is 2.46. The molecule has 0 aromatic heterocycles. The number of benzene rings is 1. The highest BCUT2D eigenvalue weighted by atomic mass is 33.1. The Labute approximate surface area is 62.1 Å². The summed E-state index contributed by atoms with van der Waals surface area (Å²) in [7, 11) is 1.35. The molecule has 9 heavy (non-hydrogen) atoms. The molecule has 0 aliphatic carbocycles. The zero-order valence-electron chi connectivity index (χ0n) is 4.65. The van der Waals surface area contributed by atoms with E-state index in [1.807, 2.05) is 30.3 Å². The second-order valence-electron chi connectivity index (χ2n) is 1.47. The van der Waals surface area contributed by atoms with Crippen LogP contribution in [-0.2, 0) is 0 Å². The van der Waals surface area contributed by atoms with Crippen LogP contribution >= 0.6 is 21.9 Å². The van der Waals surface area contributed by atoms with Crippen molar-refractivity contribution in [3.63, 3.8) is 0 Å². The fourth-order valence-corrected chi connectivity index (χ4v) is 1.46. The first-order valence-corrected chi connectivity index (χ1v) is 4.57. The van der Waals surface area contributed by atoms with Gasteiger partial charge in [-0.25, -0.2) is 0 Å². The molecule has 0 aliphatic rings. The van der Waals surface area contributed by atoms with E-state index in [1.54, 1.807) is 0 Å². The molecule has 0 aliphatic heterocycles. The third-order valence-corrected chi connectivity index (χ3v) is 2.22. The third kappa shape index (κ3) is 2.30. The maximum Gasteiger partial charge on any atom is 0.0646 e. The van der Waals surface area contributed by atoms with Gasteiger partial charge in [0.25, 0.3) is 0 Å². The largest absolute Gasteiger partial charge is 0.320 e. The molecule has 1 aromatic carbocycles. The normalized spacial score (nSPS) is 9.44. The van der Waals surface area contributed by atoms with Crippen molar-refractivity contribution in [2.24, 2.45) is 0 Å². The third-order valence-electron chi connectivity index (χ3n) is 0.877. The molecule has 0 spiro atoms. The zero-order valence-corrected chi connectivity index (χ0v) is 6.28. The van der Waals surface area contributed by atoms with Gasteiger partial charge in [0.2, 0.25) is 0 Å². The van der Waals surface area contributed by atoms with Crippen molar-refractivity contribution >= 4 is 21.9 Å². The quantitative estimate of drug-likeness (QED) is 0.528. The van der Waals surface area contributed by atoms with Crippen LogP contribution in [0.1, 0.15) is 0 Å². The first kappa shape index (κ1) is 6.99. The average Bonchev–Trinajstić information content (AvgIpc) is 1.91. The number of hydrogen-bond acceptors (Lipinski definition) is 3. The van der Waals surface area contributed by atoms with E-state index in [2.05, 4.69) is 0 Å². The van der Waals surface area contributed by atoms with Gasteiger partial charge in [0.05, 0.1) is 11.1 Å². The Balaban J connectivity index is 2.61. The molecule has 1 rings (SSSR count). The van der Waals surface area contributed by atoms with E-state index in [0.29, 0.717) is 0 Å². The summed E-state index contributed by atoms with van der Waals surface area (Å²) in [6.07, 6.45) is 0. The van der Waals surface area contributed by atoms with Crippen molar-refractivity contribution in [2.75, 3.05) is 0 Å². The molecule has 48 valence electrons. The minimum Gasteiger partial charge on any atom is -0.320 e. The minimum absolute atomic E-state index is 0.771. The molecule has 1 aromatic rings. The fraction of sp³-hybridized carbons (Fsp3) is 0. The molecule has 0 amide bonds. The van der Waals surface area contributed by atoms with Crippen LogP contribution in [0.2, 0.25) is 0 Å². The standard InChI is InChI=1S/C6H6OS2/c7-9-8-6-4-2-1-3-5-6/h1-5,7H. The van der Waals surface area contributed by atoms with Gasteiger partial charge in [0, 0.05) is 4.90 Å². The lowest BCUT2D eigenvalue weighted by Crippen LogP contribution is -1.62. The van der Waals surface area contributed by atoms with Gasteiger partial charge in [-0.2, -0.15) is 0 Å². The molecular weight excluding hydrogens is 152 g/mol. The molecule has 0 heterocycles. The van der Waals surface area contributed by atoms with Gasteiger partial charge >= 0.3 is 0 Å². The van der Waals surface area contributed by atoms with Crippen molar-refractivity contribution < 1.29 is 4.55 Å². The lowest BCUT2D eigenvalue weighted by atomic mass is 10.4. The van der Waals surface area contributed by atoms with Crippen molar-refractivity contribution in [3.05, 3.63) is 30.3 Å². The molecule has 1 nitrogen and oxygen atoms in total. The van der Waals surface area contributed by atoms with E-state index in [0.717, 1.165) is 16.0 Å². The molecule has 0 radical (unpaired) electrons. The van der Waals surface area contributed by atoms with Crippen LogP contribution < -0.4 is 0 Å². The Bertz CT molecular complexity index is 164. The summed E-state index contributed by atoms with van der Waals surface area (Å²) in [6, 6.07) is 9.74. The van der Waals surface area contributed by atoms with E-state index in [9.17, 15) is 0 Å². The number of rotatable bonds is 2. The van der Waals surface area contributed by atoms with Crippen LogP contribution in [0.25, 0.3) is 0 Å². The van der Waals surface area contributed by atoms with Crippen LogP contribution in [0.3, 0.4) is 0 Å². The van der Waals surface area contributed by atoms with E-state index in [4.69, 9.17) is 4.55 Å². The number of hydrogen-bond donors (Lipinski definition) is 1. The van der Waals surface area contributed by atoms with Crippen molar-refractivity contribution in [1.29, 1.82) is 0 Å². The van der Waals surface area contributed by atoms with Crippen LogP contribution in [0.4, 0.5) is 0 Å². The van der Waals surface area contributed by atoms with Crippen LogP contribution in [0.15, 0.2) is 35.2 Å². The van der Waals surface area contributed by atoms with E-state index in [1.165, 1.54) is 10.8 Å². The predicted molar refractivity (Wildman–Crippen MR) is 42.5 cm³/mol. The molecule has 0 saturated heterocycles. The maximum atomic E-state index is 8.40. The SMILES string of the molecule is OSSc1ccccc1. The molecule has 0 fully saturated rings. The maximum absolute atomic E-state index is 8.40. The summed E-state index contributed by atoms with van der Waals surface area (Å²) < 4.78 is 8.40. The van der Waals surface area contributed by atoms with Crippen LogP contribution in [0, 0.1) is 0 Å². The Kier molecular flexibility index (Phi) is 2.97. The predicted octanol–water partition coefficient (Wildman–Crippen LogP) is 2.90. The van der Waals surface area contributed by atoms with E-state index >= 15 is 0 Å². The molecule has 0 bridgehead atoms. The molecule has 3 heteroatoms. The van der Waals surface area contributed by atoms with Crippen molar-refractivity contribution in [3.8, 4) is 0 Å². The van der Waals surface area contributed by atoms with Gasteiger partial charge in [-0.15, -0.1) is 0 Å². The summed E-state index contributed by atoms with van der Waals surface area (Å²) in [5.41, 5.74) is 0. The van der Waals surface area contributed by atoms with Gasteiger partial charge in [-0.3, -0.25) is 0 Å². The zero-order chi connectivity index (χ0) is 6.53. The fourth-order valence-electron chi connectivity index (χ4n) is 0.519. The smallest absolute Gasteiger partial charge is 0.0646 e. The highest BCUT2D eigenvalue weighted by Crippen LogP contribution is 2.26. The van der Waals surface area contributed by atoms with Crippen LogP contribution in [-0.4, -0.2) is 4.55 Å². The lowest BCUT2D eigenvalue weighted by Gasteiger charge is -1.91. The van der Waals surface area contributed by atoms with Gasteiger partial charge in [0.15, 0.2) is 0 Å². The molecule has 0 atom stereocenters. The van der Waals surface area contributed by atoms with E-state index in [-0.39, 0.29) is 0 Å². The lowest BCUT2D eigenvalue weighted by molar-refractivity contribution is 0.676. The van der Waals surface area contributed by atoms with Crippen molar-refractivity contribution in [2.45, 2.75) is 4.90 Å². The highest BCUT2D eigenvalue weighted by molar-refractivity contribution is 8.74. The molecule has 1 N–H and O–H groups in total. The molecular formula is C6H6OS2. The minimum atomic E-state index is 0.771. The Morgan fingerprint density at radius 1 is 1.11 bits per heavy atom. The Hall–Kier alpha value is -0.120. The highest BCUT2D eigenvalue weighted by Gasteiger charge is 1.87. The molecule has 0 unspecified atom stereocenters. The van der Waals surface area contributed by atoms with Gasteiger partial charge < -0.3 is 4.55 Å². The second-order valence-corrected chi connectivity index (χ2v) is 3.21. The summed E-state index contributed by atoms with van der Waals surface area (Å²) in [5, 5.41) is 0. The van der Waals surface area contributed by atoms with Gasteiger partial charge in [-0.05, 0) is 22.9 Å². The Morgan fingerprint density at radius 2 is 1.78 bits per heavy atom. The first-order chi connectivity index (χ1) is 4.43. The van der Waals surface area contributed by atoms with Crippen molar-refractivity contribution in [1.82, 2.24) is 0 Å². The summed E-state index contributed by atoms with van der Waals surface area (Å²) in [4.78, 5) is 1.07. The molecule has 0 saturated carbocycles. The topological polar surface area (TPSA) is 20.2 Å². The van der Waals surface area contributed by atoms with Crippen LogP contribution in [0.5, 0.6) is 0 Å². The second kappa shape index (κ2) is 3.82. The van der Waals surface area contributed by atoms with Gasteiger partial charge in [0.1, 0.15) is 0 Å². The summed E-state index contributed by atoms with van der Waals surface area (Å²) in [6.45, 7) is 0. The Morgan fingerprint density at radius 3 is 2.33 bits per heavy atom. The average molecular weight is 158 g/mol. The summed E-state index contributed by atoms with van der Waals surface area (Å²) >= 11 is 0.771. The van der Waals surface area contributed by atoms with Gasteiger partial charge in [-0.1, -0.05) is 18.2 Å². The monoisotopic (exact) mass is 158 g/mol. The summed E-state index contributed by atoms with van der Waals surface area (Å²) in [5.74, 6) is 0.